The summed E-state index contributed by atoms with van der Waals surface area (Å²) >= 11 is 0. The van der Waals surface area contributed by atoms with Crippen LogP contribution in [-0.2, 0) is 4.79 Å². The molecule has 1 aromatic carbocycles. The predicted molar refractivity (Wildman–Crippen MR) is 78.3 cm³/mol. The van der Waals surface area contributed by atoms with Crippen molar-refractivity contribution in [2.75, 3.05) is 13.1 Å². The van der Waals surface area contributed by atoms with E-state index in [2.05, 4.69) is 5.32 Å². The molecule has 1 aliphatic rings. The Morgan fingerprint density at radius 3 is 2.60 bits per heavy atom. The first-order chi connectivity index (χ1) is 9.49. The van der Waals surface area contributed by atoms with E-state index >= 15 is 0 Å². The van der Waals surface area contributed by atoms with Crippen molar-refractivity contribution < 1.29 is 14.9 Å². The van der Waals surface area contributed by atoms with E-state index in [9.17, 15) is 14.9 Å². The number of hydrogen-bond acceptors (Lipinski definition) is 4. The number of hydrogen-bond donors (Lipinski definition) is 3. The molecule has 0 radical (unpaired) electrons. The highest BCUT2D eigenvalue weighted by Gasteiger charge is 2.40. The lowest BCUT2D eigenvalue weighted by atomic mass is 9.86. The van der Waals surface area contributed by atoms with Crippen molar-refractivity contribution in [2.24, 2.45) is 5.92 Å². The number of nitrogens with zero attached hydrogens (tertiary/aromatic N) is 1. The van der Waals surface area contributed by atoms with Crippen molar-refractivity contribution in [3.8, 4) is 0 Å². The zero-order valence-corrected chi connectivity index (χ0v) is 11.9. The minimum Gasteiger partial charge on any atom is -0.481 e. The van der Waals surface area contributed by atoms with E-state index in [-0.39, 0.29) is 12.1 Å². The Hall–Kier alpha value is -1.37. The molecule has 5 nitrogen and oxygen atoms in total. The molecule has 1 fully saturated rings. The monoisotopic (exact) mass is 276 g/mol. The summed E-state index contributed by atoms with van der Waals surface area (Å²) in [5, 5.41) is 22.3. The maximum absolute atomic E-state index is 11.3. The van der Waals surface area contributed by atoms with Gasteiger partial charge in [0.2, 0.25) is 0 Å². The Labute approximate surface area is 119 Å². The highest BCUT2D eigenvalue weighted by molar-refractivity contribution is 6.45. The number of carboxylic acids is 1. The maximum Gasteiger partial charge on any atom is 0.376 e. The average molecular weight is 276 g/mol. The molecule has 0 spiro atoms. The summed E-state index contributed by atoms with van der Waals surface area (Å²) in [4.78, 5) is 13.1. The van der Waals surface area contributed by atoms with E-state index in [1.807, 2.05) is 37.3 Å². The Kier molecular flexibility index (Phi) is 4.80. The van der Waals surface area contributed by atoms with E-state index in [1.54, 1.807) is 11.6 Å². The first-order valence-corrected chi connectivity index (χ1v) is 6.95. The van der Waals surface area contributed by atoms with Gasteiger partial charge in [0.05, 0.1) is 5.92 Å². The van der Waals surface area contributed by atoms with E-state index in [0.29, 0.717) is 13.1 Å². The lowest BCUT2D eigenvalue weighted by Crippen LogP contribution is -2.41. The van der Waals surface area contributed by atoms with Gasteiger partial charge in [0.1, 0.15) is 0 Å². The SMILES string of the molecule is CB(O)N1CC(N[C@H](C)c2ccccc2)[C@H](C(=O)O)C1. The molecule has 20 heavy (non-hydrogen) atoms. The van der Waals surface area contributed by atoms with Crippen molar-refractivity contribution >= 4 is 13.0 Å². The molecule has 1 saturated heterocycles. The molecule has 108 valence electrons. The third-order valence-corrected chi connectivity index (χ3v) is 3.96. The molecule has 0 saturated carbocycles. The minimum absolute atomic E-state index is 0.0806. The first kappa shape index (κ1) is 15.0. The molecule has 1 aromatic rings. The van der Waals surface area contributed by atoms with Gasteiger partial charge in [-0.25, -0.2) is 0 Å². The van der Waals surface area contributed by atoms with Gasteiger partial charge in [0.25, 0.3) is 0 Å². The molecule has 3 N–H and O–H groups in total. The molecule has 3 atom stereocenters. The second-order valence-corrected chi connectivity index (χ2v) is 5.44. The van der Waals surface area contributed by atoms with Gasteiger partial charge in [-0.1, -0.05) is 30.3 Å². The van der Waals surface area contributed by atoms with E-state index in [1.165, 1.54) is 0 Å². The molecule has 6 heteroatoms. The van der Waals surface area contributed by atoms with Crippen molar-refractivity contribution in [1.82, 2.24) is 10.1 Å². The fraction of sp³-hybridized carbons (Fsp3) is 0.500. The third-order valence-electron chi connectivity index (χ3n) is 3.96. The molecule has 1 aliphatic heterocycles. The molecule has 2 rings (SSSR count). The summed E-state index contributed by atoms with van der Waals surface area (Å²) in [5.74, 6) is -1.30. The summed E-state index contributed by atoms with van der Waals surface area (Å²) in [5.41, 5.74) is 1.13. The quantitative estimate of drug-likeness (QED) is 0.695. The van der Waals surface area contributed by atoms with Crippen LogP contribution in [0.25, 0.3) is 0 Å². The van der Waals surface area contributed by atoms with Crippen molar-refractivity contribution in [3.05, 3.63) is 35.9 Å². The molecular formula is C14H21BN2O3. The highest BCUT2D eigenvalue weighted by atomic mass is 16.4. The average Bonchev–Trinajstić information content (AvgIpc) is 2.84. The number of nitrogens with one attached hydrogen (secondary N) is 1. The fourth-order valence-electron chi connectivity index (χ4n) is 2.72. The summed E-state index contributed by atoms with van der Waals surface area (Å²) in [7, 11) is -0.615. The van der Waals surface area contributed by atoms with Crippen LogP contribution in [0.3, 0.4) is 0 Å². The number of rotatable bonds is 5. The van der Waals surface area contributed by atoms with Crippen LogP contribution in [0.1, 0.15) is 18.5 Å². The van der Waals surface area contributed by atoms with Gasteiger partial charge in [0, 0.05) is 25.2 Å². The second kappa shape index (κ2) is 6.39. The van der Waals surface area contributed by atoms with E-state index < -0.39 is 18.9 Å². The molecule has 0 bridgehead atoms. The number of benzene rings is 1. The number of aliphatic carboxylic acids is 1. The predicted octanol–water partition coefficient (Wildman–Crippen LogP) is 0.832. The summed E-state index contributed by atoms with van der Waals surface area (Å²) in [6.45, 7) is 4.62. The van der Waals surface area contributed by atoms with Gasteiger partial charge < -0.3 is 20.3 Å². The van der Waals surface area contributed by atoms with Gasteiger partial charge >= 0.3 is 13.0 Å². The molecule has 1 heterocycles. The van der Waals surface area contributed by atoms with E-state index in [4.69, 9.17) is 0 Å². The maximum atomic E-state index is 11.3. The standard InChI is InChI=1S/C14H21BN2O3/c1-10(11-6-4-3-5-7-11)16-13-9-17(15(2)20)8-12(13)14(18)19/h3-7,10,12-13,16,20H,8-9H2,1-2H3,(H,18,19)/t10-,12-,13?/m1/s1. The minimum atomic E-state index is -0.814. The first-order valence-electron chi connectivity index (χ1n) is 6.95. The van der Waals surface area contributed by atoms with Crippen molar-refractivity contribution in [1.29, 1.82) is 0 Å². The molecule has 0 aliphatic carbocycles. The van der Waals surface area contributed by atoms with E-state index in [0.717, 1.165) is 5.56 Å². The third kappa shape index (κ3) is 3.39. The van der Waals surface area contributed by atoms with Crippen LogP contribution in [0.5, 0.6) is 0 Å². The Bertz CT molecular complexity index is 455. The number of carboxylic acid groups (broad SMARTS) is 1. The van der Waals surface area contributed by atoms with Gasteiger partial charge in [-0.05, 0) is 19.3 Å². The van der Waals surface area contributed by atoms with Crippen LogP contribution in [0.4, 0.5) is 0 Å². The lowest BCUT2D eigenvalue weighted by Gasteiger charge is -2.23. The fourth-order valence-corrected chi connectivity index (χ4v) is 2.72. The largest absolute Gasteiger partial charge is 0.481 e. The Morgan fingerprint density at radius 1 is 1.40 bits per heavy atom. The van der Waals surface area contributed by atoms with Crippen LogP contribution in [0.15, 0.2) is 30.3 Å². The van der Waals surface area contributed by atoms with Crippen LogP contribution >= 0.6 is 0 Å². The smallest absolute Gasteiger partial charge is 0.376 e. The van der Waals surface area contributed by atoms with Crippen LogP contribution < -0.4 is 5.32 Å². The summed E-state index contributed by atoms with van der Waals surface area (Å²) in [6, 6.07) is 9.87. The van der Waals surface area contributed by atoms with Gasteiger partial charge in [-0.15, -0.1) is 0 Å². The van der Waals surface area contributed by atoms with Crippen molar-refractivity contribution in [3.63, 3.8) is 0 Å². The number of carbonyl (C=O) groups is 1. The second-order valence-electron chi connectivity index (χ2n) is 5.44. The topological polar surface area (TPSA) is 72.8 Å². The van der Waals surface area contributed by atoms with Gasteiger partial charge in [0.15, 0.2) is 0 Å². The Balaban J connectivity index is 2.05. The zero-order valence-electron chi connectivity index (χ0n) is 11.9. The van der Waals surface area contributed by atoms with Gasteiger partial charge in [-0.2, -0.15) is 0 Å². The molecular weight excluding hydrogens is 255 g/mol. The lowest BCUT2D eigenvalue weighted by molar-refractivity contribution is -0.141. The zero-order chi connectivity index (χ0) is 14.7. The van der Waals surface area contributed by atoms with Crippen LogP contribution in [-0.4, -0.2) is 47.1 Å². The molecule has 0 aromatic heterocycles. The molecule has 0 amide bonds. The summed E-state index contributed by atoms with van der Waals surface area (Å²) < 4.78 is 0. The van der Waals surface area contributed by atoms with Crippen LogP contribution in [0.2, 0.25) is 6.82 Å². The highest BCUT2D eigenvalue weighted by Crippen LogP contribution is 2.22. The van der Waals surface area contributed by atoms with Crippen molar-refractivity contribution in [2.45, 2.75) is 25.8 Å². The summed E-state index contributed by atoms with van der Waals surface area (Å²) in [6.07, 6.45) is 0. The Morgan fingerprint density at radius 2 is 2.05 bits per heavy atom. The normalized spacial score (nSPS) is 24.6. The van der Waals surface area contributed by atoms with Crippen LogP contribution in [0, 0.1) is 5.92 Å². The molecule has 1 unspecified atom stereocenters. The van der Waals surface area contributed by atoms with Gasteiger partial charge in [-0.3, -0.25) is 4.79 Å².